The first-order valence-electron chi connectivity index (χ1n) is 10.5. The Balaban J connectivity index is 1.35. The molecule has 1 saturated carbocycles. The molecule has 1 aliphatic heterocycles. The summed E-state index contributed by atoms with van der Waals surface area (Å²) in [6.45, 7) is 1.56. The molecule has 9 nitrogen and oxygen atoms in total. The number of imidazole rings is 1. The lowest BCUT2D eigenvalue weighted by Gasteiger charge is -2.20. The summed E-state index contributed by atoms with van der Waals surface area (Å²) in [6.07, 6.45) is 2.55. The molecular weight excluding hydrogens is 420 g/mol. The van der Waals surface area contributed by atoms with E-state index in [0.717, 1.165) is 30.2 Å². The third-order valence-electron chi connectivity index (χ3n) is 6.42. The van der Waals surface area contributed by atoms with Crippen molar-refractivity contribution in [3.8, 4) is 0 Å². The molecule has 31 heavy (non-hydrogen) atoms. The topological polar surface area (TPSA) is 120 Å². The van der Waals surface area contributed by atoms with E-state index in [-0.39, 0.29) is 18.6 Å². The van der Waals surface area contributed by atoms with Gasteiger partial charge in [-0.15, -0.1) is 0 Å². The molecule has 2 aliphatic rings. The van der Waals surface area contributed by atoms with Crippen molar-refractivity contribution < 1.29 is 15.3 Å². The molecule has 1 saturated heterocycles. The van der Waals surface area contributed by atoms with Gasteiger partial charge in [-0.2, -0.15) is 0 Å². The Kier molecular flexibility index (Phi) is 5.43. The van der Waals surface area contributed by atoms with Crippen LogP contribution in [0.4, 0.5) is 11.5 Å². The molecule has 0 unspecified atom stereocenters. The van der Waals surface area contributed by atoms with Gasteiger partial charge in [0.2, 0.25) is 0 Å². The average Bonchev–Trinajstić information content (AvgIpc) is 3.47. The highest BCUT2D eigenvalue weighted by atomic mass is 35.5. The van der Waals surface area contributed by atoms with Gasteiger partial charge in [0.25, 0.3) is 0 Å². The van der Waals surface area contributed by atoms with E-state index >= 15 is 0 Å². The Morgan fingerprint density at radius 2 is 2.03 bits per heavy atom. The lowest BCUT2D eigenvalue weighted by Crippen LogP contribution is -2.30. The molecular formula is C21H25ClN6O3. The fourth-order valence-corrected chi connectivity index (χ4v) is 4.92. The molecule has 3 aromatic rings. The Morgan fingerprint density at radius 3 is 2.81 bits per heavy atom. The van der Waals surface area contributed by atoms with E-state index in [1.165, 1.54) is 6.33 Å². The molecule has 0 spiro atoms. The van der Waals surface area contributed by atoms with Gasteiger partial charge in [0.05, 0.1) is 18.5 Å². The zero-order chi connectivity index (χ0) is 21.5. The summed E-state index contributed by atoms with van der Waals surface area (Å²) in [5.41, 5.74) is 2.32. The Bertz CT molecular complexity index is 1080. The van der Waals surface area contributed by atoms with Crippen molar-refractivity contribution >= 4 is 34.3 Å². The molecule has 1 aromatic carbocycles. The lowest BCUT2D eigenvalue weighted by molar-refractivity contribution is -0.00370. The highest BCUT2D eigenvalue weighted by Gasteiger charge is 2.42. The molecule has 10 heteroatoms. The van der Waals surface area contributed by atoms with Gasteiger partial charge in [0, 0.05) is 42.4 Å². The number of hydrogen-bond donors (Lipinski definition) is 4. The van der Waals surface area contributed by atoms with E-state index in [9.17, 15) is 15.3 Å². The van der Waals surface area contributed by atoms with E-state index in [2.05, 4.69) is 31.2 Å². The SMILES string of the molecule is OC[C@H]1C[C@@H](n2cnc3c(N[C@H]4CCN(c5cccc(Cl)c5)C4)ncnc32)[C@H](O)[C@@H]1O. The number of fused-ring (bicyclic) bond motifs is 1. The molecule has 5 atom stereocenters. The van der Waals surface area contributed by atoms with Gasteiger partial charge in [0.15, 0.2) is 11.5 Å². The summed E-state index contributed by atoms with van der Waals surface area (Å²) in [6, 6.07) is 7.64. The third kappa shape index (κ3) is 3.71. The van der Waals surface area contributed by atoms with E-state index < -0.39 is 18.2 Å². The fourth-order valence-electron chi connectivity index (χ4n) is 4.74. The number of aromatic nitrogens is 4. The first-order chi connectivity index (χ1) is 15.0. The summed E-state index contributed by atoms with van der Waals surface area (Å²) in [7, 11) is 0. The fraction of sp³-hybridized carbons (Fsp3) is 0.476. The molecule has 0 bridgehead atoms. The first-order valence-corrected chi connectivity index (χ1v) is 10.8. The minimum absolute atomic E-state index is 0.173. The van der Waals surface area contributed by atoms with Crippen LogP contribution in [0.1, 0.15) is 18.9 Å². The van der Waals surface area contributed by atoms with Crippen LogP contribution in [0.15, 0.2) is 36.9 Å². The zero-order valence-electron chi connectivity index (χ0n) is 16.8. The second-order valence-corrected chi connectivity index (χ2v) is 8.77. The maximum atomic E-state index is 10.5. The standard InChI is InChI=1S/C21H25ClN6O3/c22-13-2-1-3-15(7-13)27-5-4-14(8-27)26-20-17-21(24-10-23-20)28(11-25-17)16-6-12(9-29)18(30)19(16)31/h1-3,7,10-12,14,16,18-19,29-31H,4-6,8-9H2,(H,23,24,26)/t12-,14+,16-,18-,19+/m1/s1. The Labute approximate surface area is 184 Å². The maximum Gasteiger partial charge on any atom is 0.165 e. The molecule has 4 N–H and O–H groups in total. The molecule has 1 aliphatic carbocycles. The summed E-state index contributed by atoms with van der Waals surface area (Å²) >= 11 is 6.13. The van der Waals surface area contributed by atoms with Crippen molar-refractivity contribution in [2.75, 3.05) is 29.9 Å². The van der Waals surface area contributed by atoms with Gasteiger partial charge in [-0.05, 0) is 31.0 Å². The number of hydrogen-bond acceptors (Lipinski definition) is 8. The minimum atomic E-state index is -0.984. The summed E-state index contributed by atoms with van der Waals surface area (Å²) in [5.74, 6) is 0.279. The minimum Gasteiger partial charge on any atom is -0.396 e. The van der Waals surface area contributed by atoms with Crippen LogP contribution in [0.3, 0.4) is 0 Å². The van der Waals surface area contributed by atoms with E-state index in [0.29, 0.717) is 23.4 Å². The van der Waals surface area contributed by atoms with Gasteiger partial charge in [-0.25, -0.2) is 15.0 Å². The first kappa shape index (κ1) is 20.4. The maximum absolute atomic E-state index is 10.5. The number of nitrogens with zero attached hydrogens (tertiary/aromatic N) is 5. The Morgan fingerprint density at radius 1 is 1.16 bits per heavy atom. The molecule has 3 heterocycles. The highest BCUT2D eigenvalue weighted by Crippen LogP contribution is 2.37. The van der Waals surface area contributed by atoms with Crippen molar-refractivity contribution in [1.82, 2.24) is 19.5 Å². The van der Waals surface area contributed by atoms with Crippen molar-refractivity contribution in [3.63, 3.8) is 0 Å². The van der Waals surface area contributed by atoms with Crippen molar-refractivity contribution in [3.05, 3.63) is 41.9 Å². The van der Waals surface area contributed by atoms with Crippen molar-refractivity contribution in [2.45, 2.75) is 37.1 Å². The van der Waals surface area contributed by atoms with Crippen LogP contribution in [-0.2, 0) is 0 Å². The quantitative estimate of drug-likeness (QED) is 0.466. The number of aliphatic hydroxyl groups is 3. The van der Waals surface area contributed by atoms with E-state index in [1.807, 2.05) is 18.2 Å². The monoisotopic (exact) mass is 444 g/mol. The van der Waals surface area contributed by atoms with Gasteiger partial charge in [0.1, 0.15) is 17.9 Å². The predicted molar refractivity (Wildman–Crippen MR) is 117 cm³/mol. The largest absolute Gasteiger partial charge is 0.396 e. The van der Waals surface area contributed by atoms with Crippen LogP contribution in [-0.4, -0.2) is 72.8 Å². The predicted octanol–water partition coefficient (Wildman–Crippen LogP) is 1.45. The van der Waals surface area contributed by atoms with Crippen LogP contribution < -0.4 is 10.2 Å². The van der Waals surface area contributed by atoms with Crippen LogP contribution in [0.25, 0.3) is 11.2 Å². The molecule has 0 amide bonds. The summed E-state index contributed by atoms with van der Waals surface area (Å²) in [5, 5.41) is 34.3. The second kappa shape index (κ2) is 8.23. The van der Waals surface area contributed by atoms with Crippen LogP contribution >= 0.6 is 11.6 Å². The van der Waals surface area contributed by atoms with Crippen LogP contribution in [0.2, 0.25) is 5.02 Å². The molecule has 5 rings (SSSR count). The normalized spacial score (nSPS) is 28.5. The number of halogens is 1. The average molecular weight is 445 g/mol. The zero-order valence-corrected chi connectivity index (χ0v) is 17.6. The summed E-state index contributed by atoms with van der Waals surface area (Å²) in [4.78, 5) is 15.5. The third-order valence-corrected chi connectivity index (χ3v) is 6.66. The molecule has 164 valence electrons. The van der Waals surface area contributed by atoms with Crippen LogP contribution in [0, 0.1) is 5.92 Å². The second-order valence-electron chi connectivity index (χ2n) is 8.33. The number of nitrogens with one attached hydrogen (secondary N) is 1. The lowest BCUT2D eigenvalue weighted by atomic mass is 10.1. The molecule has 2 aromatic heterocycles. The van der Waals surface area contributed by atoms with Crippen LogP contribution in [0.5, 0.6) is 0 Å². The van der Waals surface area contributed by atoms with Crippen molar-refractivity contribution in [2.24, 2.45) is 5.92 Å². The molecule has 2 fully saturated rings. The highest BCUT2D eigenvalue weighted by molar-refractivity contribution is 6.30. The van der Waals surface area contributed by atoms with Gasteiger partial charge in [-0.3, -0.25) is 0 Å². The van der Waals surface area contributed by atoms with Gasteiger partial charge in [-0.1, -0.05) is 17.7 Å². The number of aliphatic hydroxyl groups excluding tert-OH is 3. The Hall–Kier alpha value is -2.46. The van der Waals surface area contributed by atoms with Crippen molar-refractivity contribution in [1.29, 1.82) is 0 Å². The smallest absolute Gasteiger partial charge is 0.165 e. The number of benzene rings is 1. The molecule has 0 radical (unpaired) electrons. The summed E-state index contributed by atoms with van der Waals surface area (Å²) < 4.78 is 1.78. The number of anilines is 2. The number of rotatable bonds is 5. The van der Waals surface area contributed by atoms with E-state index in [1.54, 1.807) is 10.9 Å². The van der Waals surface area contributed by atoms with Gasteiger partial charge < -0.3 is 30.1 Å². The van der Waals surface area contributed by atoms with E-state index in [4.69, 9.17) is 11.6 Å². The van der Waals surface area contributed by atoms with Gasteiger partial charge >= 0.3 is 0 Å².